The van der Waals surface area contributed by atoms with Gasteiger partial charge in [-0.05, 0) is 55.2 Å². The lowest BCUT2D eigenvalue weighted by atomic mass is 9.96. The summed E-state index contributed by atoms with van der Waals surface area (Å²) in [5, 5.41) is 0. The van der Waals surface area contributed by atoms with E-state index in [1.54, 1.807) is 48.5 Å². The summed E-state index contributed by atoms with van der Waals surface area (Å²) in [6, 6.07) is 13.6. The minimum Gasteiger partial charge on any atom is -0.379 e. The van der Waals surface area contributed by atoms with Crippen LogP contribution in [0.25, 0.3) is 11.0 Å². The Balaban J connectivity index is 1.25. The molecule has 11 heteroatoms. The van der Waals surface area contributed by atoms with Crippen LogP contribution in [0.2, 0.25) is 0 Å². The highest BCUT2D eigenvalue weighted by Gasteiger charge is 2.38. The Morgan fingerprint density at radius 3 is 2.26 bits per heavy atom. The summed E-state index contributed by atoms with van der Waals surface area (Å²) in [6.45, 7) is 3.12. The third-order valence-electron chi connectivity index (χ3n) is 6.77. The molecule has 2 aromatic carbocycles. The number of fused-ring (bicyclic) bond motifs is 1. The average molecular weight is 509 g/mol. The number of piperidine rings is 1. The van der Waals surface area contributed by atoms with Gasteiger partial charge in [-0.3, -0.25) is 0 Å². The molecule has 1 aromatic heterocycles. The molecule has 0 bridgehead atoms. The molecule has 2 aliphatic rings. The first kappa shape index (κ1) is 24.1. The van der Waals surface area contributed by atoms with Crippen LogP contribution in [0.4, 0.5) is 18.9 Å². The number of hydrogen-bond donors (Lipinski definition) is 0. The third kappa shape index (κ3) is 4.89. The zero-order valence-electron chi connectivity index (χ0n) is 19.1. The number of rotatable bonds is 5. The summed E-state index contributed by atoms with van der Waals surface area (Å²) in [7, 11) is -3.55. The predicted octanol–water partition coefficient (Wildman–Crippen LogP) is 3.99. The highest BCUT2D eigenvalue weighted by molar-refractivity contribution is 7.89. The van der Waals surface area contributed by atoms with Crippen molar-refractivity contribution in [3.05, 3.63) is 54.4 Å². The number of ether oxygens (including phenoxy) is 1. The molecular weight excluding hydrogens is 481 g/mol. The molecule has 0 unspecified atom stereocenters. The van der Waals surface area contributed by atoms with Gasteiger partial charge in [0.05, 0.1) is 29.1 Å². The van der Waals surface area contributed by atoms with Gasteiger partial charge in [-0.25, -0.2) is 13.4 Å². The van der Waals surface area contributed by atoms with E-state index in [0.29, 0.717) is 50.4 Å². The Labute approximate surface area is 202 Å². The van der Waals surface area contributed by atoms with E-state index < -0.39 is 22.0 Å². The Hall–Kier alpha value is -2.63. The van der Waals surface area contributed by atoms with E-state index in [9.17, 15) is 21.6 Å². The maximum atomic E-state index is 13.6. The first-order valence-corrected chi connectivity index (χ1v) is 13.1. The van der Waals surface area contributed by atoms with Crippen LogP contribution in [-0.2, 0) is 27.5 Å². The van der Waals surface area contributed by atoms with Crippen LogP contribution in [0.5, 0.6) is 0 Å². The number of nitrogens with zero attached hydrogens (tertiary/aromatic N) is 4. The van der Waals surface area contributed by atoms with Crippen molar-refractivity contribution in [2.75, 3.05) is 44.3 Å². The molecule has 0 radical (unpaired) electrons. The molecule has 0 spiro atoms. The number of benzene rings is 2. The average Bonchev–Trinajstić information content (AvgIpc) is 3.24. The quantitative estimate of drug-likeness (QED) is 0.522. The molecule has 0 atom stereocenters. The van der Waals surface area contributed by atoms with E-state index in [4.69, 9.17) is 4.74 Å². The molecule has 2 aliphatic heterocycles. The highest BCUT2D eigenvalue weighted by atomic mass is 32.2. The normalized spacial score (nSPS) is 18.9. The first-order valence-electron chi connectivity index (χ1n) is 11.7. The molecule has 0 N–H and O–H groups in total. The van der Waals surface area contributed by atoms with Gasteiger partial charge in [0.1, 0.15) is 0 Å². The molecule has 0 saturated carbocycles. The number of morpholine rings is 1. The van der Waals surface area contributed by atoms with Crippen molar-refractivity contribution in [2.24, 2.45) is 5.92 Å². The lowest BCUT2D eigenvalue weighted by Gasteiger charge is -2.34. The van der Waals surface area contributed by atoms with Crippen LogP contribution in [0, 0.1) is 5.92 Å². The minimum atomic E-state index is -4.51. The maximum Gasteiger partial charge on any atom is 0.449 e. The molecule has 0 aliphatic carbocycles. The minimum absolute atomic E-state index is 0.0888. The van der Waals surface area contributed by atoms with E-state index >= 15 is 0 Å². The number of imidazole rings is 1. The van der Waals surface area contributed by atoms with E-state index in [0.717, 1.165) is 18.5 Å². The molecule has 2 fully saturated rings. The molecule has 3 aromatic rings. The zero-order chi connectivity index (χ0) is 24.6. The topological polar surface area (TPSA) is 67.7 Å². The molecule has 5 rings (SSSR count). The smallest absolute Gasteiger partial charge is 0.379 e. The van der Waals surface area contributed by atoms with E-state index in [1.807, 2.05) is 0 Å². The van der Waals surface area contributed by atoms with Gasteiger partial charge in [0.2, 0.25) is 15.8 Å². The number of para-hydroxylation sites is 2. The van der Waals surface area contributed by atoms with Crippen LogP contribution in [0.1, 0.15) is 18.7 Å². The van der Waals surface area contributed by atoms with Crippen molar-refractivity contribution in [1.29, 1.82) is 0 Å². The molecule has 35 heavy (non-hydrogen) atoms. The van der Waals surface area contributed by atoms with Crippen molar-refractivity contribution < 1.29 is 26.3 Å². The lowest BCUT2D eigenvalue weighted by molar-refractivity contribution is -0.147. The summed E-state index contributed by atoms with van der Waals surface area (Å²) < 4.78 is 74.5. The number of anilines is 1. The molecule has 7 nitrogen and oxygen atoms in total. The third-order valence-corrected chi connectivity index (χ3v) is 8.69. The van der Waals surface area contributed by atoms with Gasteiger partial charge < -0.3 is 14.2 Å². The maximum absolute atomic E-state index is 13.6. The Morgan fingerprint density at radius 1 is 0.943 bits per heavy atom. The molecule has 188 valence electrons. The Kier molecular flexibility index (Phi) is 6.49. The molecular formula is C24H27F3N4O3S. The van der Waals surface area contributed by atoms with Crippen molar-refractivity contribution in [1.82, 2.24) is 13.9 Å². The van der Waals surface area contributed by atoms with Crippen LogP contribution in [-0.4, -0.2) is 61.7 Å². The summed E-state index contributed by atoms with van der Waals surface area (Å²) >= 11 is 0. The second-order valence-electron chi connectivity index (χ2n) is 8.97. The fourth-order valence-electron chi connectivity index (χ4n) is 4.87. The predicted molar refractivity (Wildman–Crippen MR) is 126 cm³/mol. The van der Waals surface area contributed by atoms with E-state index in [2.05, 4.69) is 9.88 Å². The van der Waals surface area contributed by atoms with Gasteiger partial charge >= 0.3 is 6.18 Å². The summed E-state index contributed by atoms with van der Waals surface area (Å²) in [5.41, 5.74) is 1.76. The van der Waals surface area contributed by atoms with Crippen LogP contribution in [0.15, 0.2) is 53.4 Å². The van der Waals surface area contributed by atoms with Crippen molar-refractivity contribution in [3.8, 4) is 0 Å². The first-order chi connectivity index (χ1) is 16.7. The van der Waals surface area contributed by atoms with Crippen molar-refractivity contribution in [2.45, 2.75) is 30.5 Å². The molecule has 2 saturated heterocycles. The number of aromatic nitrogens is 2. The van der Waals surface area contributed by atoms with Crippen molar-refractivity contribution in [3.63, 3.8) is 0 Å². The number of halogens is 3. The zero-order valence-corrected chi connectivity index (χ0v) is 19.9. The van der Waals surface area contributed by atoms with Gasteiger partial charge in [0, 0.05) is 38.4 Å². The number of alkyl halides is 3. The van der Waals surface area contributed by atoms with E-state index in [1.165, 1.54) is 8.87 Å². The fourth-order valence-corrected chi connectivity index (χ4v) is 6.28. The van der Waals surface area contributed by atoms with Gasteiger partial charge in [-0.1, -0.05) is 12.1 Å². The van der Waals surface area contributed by atoms with Crippen LogP contribution >= 0.6 is 0 Å². The fraction of sp³-hybridized carbons (Fsp3) is 0.458. The van der Waals surface area contributed by atoms with Crippen LogP contribution in [0.3, 0.4) is 0 Å². The lowest BCUT2D eigenvalue weighted by Crippen LogP contribution is -2.40. The summed E-state index contributed by atoms with van der Waals surface area (Å²) in [5.74, 6) is -0.760. The molecule has 3 heterocycles. The monoisotopic (exact) mass is 508 g/mol. The standard InChI is InChI=1S/C24H27F3N4O3S/c25-24(26,27)23-28-21-3-1-2-4-22(21)31(23)17-18-9-11-29(12-10-18)19-5-7-20(8-6-19)35(32,33)30-13-15-34-16-14-30/h1-8,18H,9-17H2. The summed E-state index contributed by atoms with van der Waals surface area (Å²) in [4.78, 5) is 6.25. The number of sulfonamides is 1. The Morgan fingerprint density at radius 2 is 1.60 bits per heavy atom. The molecule has 0 amide bonds. The summed E-state index contributed by atoms with van der Waals surface area (Å²) in [6.07, 6.45) is -3.04. The largest absolute Gasteiger partial charge is 0.449 e. The number of hydrogen-bond acceptors (Lipinski definition) is 5. The SMILES string of the molecule is O=S(=O)(c1ccc(N2CCC(Cn3c(C(F)(F)F)nc4ccccc43)CC2)cc1)N1CCOCC1. The van der Waals surface area contributed by atoms with Gasteiger partial charge in [-0.2, -0.15) is 17.5 Å². The second kappa shape index (κ2) is 9.44. The van der Waals surface area contributed by atoms with Gasteiger partial charge in [0.25, 0.3) is 0 Å². The van der Waals surface area contributed by atoms with Gasteiger partial charge in [0.15, 0.2) is 0 Å². The van der Waals surface area contributed by atoms with Crippen LogP contribution < -0.4 is 4.90 Å². The van der Waals surface area contributed by atoms with Crippen molar-refractivity contribution >= 4 is 26.7 Å². The highest BCUT2D eigenvalue weighted by Crippen LogP contribution is 2.34. The Bertz CT molecular complexity index is 1280. The van der Waals surface area contributed by atoms with E-state index in [-0.39, 0.29) is 17.4 Å². The van der Waals surface area contributed by atoms with Gasteiger partial charge in [-0.15, -0.1) is 0 Å². The second-order valence-corrected chi connectivity index (χ2v) is 10.9.